The van der Waals surface area contributed by atoms with Crippen LogP contribution in [0.5, 0.6) is 0 Å². The van der Waals surface area contributed by atoms with Crippen molar-refractivity contribution in [2.45, 2.75) is 64.5 Å². The van der Waals surface area contributed by atoms with Gasteiger partial charge in [0.2, 0.25) is 0 Å². The number of nitrogens with one attached hydrogen (secondary N) is 2. The van der Waals surface area contributed by atoms with Gasteiger partial charge < -0.3 is 10.6 Å². The molecule has 20 heavy (non-hydrogen) atoms. The van der Waals surface area contributed by atoms with Gasteiger partial charge in [0.25, 0.3) is 0 Å². The number of urea groups is 1. The van der Waals surface area contributed by atoms with Gasteiger partial charge in [-0.15, -0.1) is 0 Å². The van der Waals surface area contributed by atoms with Crippen molar-refractivity contribution in [3.63, 3.8) is 0 Å². The van der Waals surface area contributed by atoms with Crippen molar-refractivity contribution in [2.24, 2.45) is 0 Å². The molecule has 3 nitrogen and oxygen atoms in total. The van der Waals surface area contributed by atoms with E-state index in [2.05, 4.69) is 41.8 Å². The Hall–Kier alpha value is -1.51. The van der Waals surface area contributed by atoms with Crippen molar-refractivity contribution in [2.75, 3.05) is 0 Å². The maximum atomic E-state index is 12.0. The maximum absolute atomic E-state index is 12.0. The first-order valence-electron chi connectivity index (χ1n) is 7.85. The molecule has 2 N–H and O–H groups in total. The first-order chi connectivity index (χ1) is 9.69. The molecule has 1 aliphatic carbocycles. The Morgan fingerprint density at radius 1 is 1.20 bits per heavy atom. The minimum atomic E-state index is -0.0380. The summed E-state index contributed by atoms with van der Waals surface area (Å²) in [6, 6.07) is 8.83. The van der Waals surface area contributed by atoms with E-state index in [1.54, 1.807) is 0 Å². The topological polar surface area (TPSA) is 41.1 Å². The second-order valence-corrected chi connectivity index (χ2v) is 5.77. The molecular weight excluding hydrogens is 248 g/mol. The largest absolute Gasteiger partial charge is 0.335 e. The molecule has 0 aliphatic heterocycles. The quantitative estimate of drug-likeness (QED) is 0.858. The van der Waals surface area contributed by atoms with Crippen molar-refractivity contribution >= 4 is 6.03 Å². The molecular formula is C17H26N2O. The second-order valence-electron chi connectivity index (χ2n) is 5.77. The molecule has 1 saturated carbocycles. The smallest absolute Gasteiger partial charge is 0.315 e. The molecule has 110 valence electrons. The third-order valence-electron chi connectivity index (χ3n) is 4.18. The van der Waals surface area contributed by atoms with Crippen molar-refractivity contribution in [3.8, 4) is 0 Å². The van der Waals surface area contributed by atoms with Crippen LogP contribution in [0.1, 0.15) is 63.1 Å². The van der Waals surface area contributed by atoms with E-state index in [-0.39, 0.29) is 12.1 Å². The molecule has 0 saturated heterocycles. The summed E-state index contributed by atoms with van der Waals surface area (Å²) < 4.78 is 0. The van der Waals surface area contributed by atoms with Crippen LogP contribution in [0.4, 0.5) is 4.79 Å². The Balaban J connectivity index is 1.82. The Labute approximate surface area is 122 Å². The van der Waals surface area contributed by atoms with Gasteiger partial charge in [-0.3, -0.25) is 0 Å². The first-order valence-corrected chi connectivity index (χ1v) is 7.85. The molecule has 1 unspecified atom stereocenters. The zero-order valence-corrected chi connectivity index (χ0v) is 12.6. The summed E-state index contributed by atoms with van der Waals surface area (Å²) in [5.74, 6) is 0. The van der Waals surface area contributed by atoms with Crippen LogP contribution in [-0.2, 0) is 6.42 Å². The molecule has 0 spiro atoms. The van der Waals surface area contributed by atoms with E-state index in [9.17, 15) is 4.79 Å². The second kappa shape index (κ2) is 7.32. The lowest BCUT2D eigenvalue weighted by Crippen LogP contribution is -2.43. The highest BCUT2D eigenvalue weighted by Gasteiger charge is 2.16. The van der Waals surface area contributed by atoms with Crippen LogP contribution >= 0.6 is 0 Å². The van der Waals surface area contributed by atoms with Gasteiger partial charge in [-0.1, -0.05) is 50.5 Å². The van der Waals surface area contributed by atoms with E-state index in [0.29, 0.717) is 6.04 Å². The fourth-order valence-corrected chi connectivity index (χ4v) is 2.80. The number of amides is 2. The molecule has 1 aliphatic rings. The van der Waals surface area contributed by atoms with Crippen LogP contribution in [0.3, 0.4) is 0 Å². The monoisotopic (exact) mass is 274 g/mol. The van der Waals surface area contributed by atoms with E-state index in [4.69, 9.17) is 0 Å². The zero-order chi connectivity index (χ0) is 14.4. The van der Waals surface area contributed by atoms with Gasteiger partial charge in [0.1, 0.15) is 0 Å². The summed E-state index contributed by atoms with van der Waals surface area (Å²) in [6.45, 7) is 4.18. The highest BCUT2D eigenvalue weighted by molar-refractivity contribution is 5.74. The van der Waals surface area contributed by atoms with Gasteiger partial charge in [-0.05, 0) is 37.3 Å². The number of benzene rings is 1. The minimum Gasteiger partial charge on any atom is -0.335 e. The Bertz CT molecular complexity index is 421. The molecule has 1 aromatic carbocycles. The van der Waals surface area contributed by atoms with E-state index < -0.39 is 0 Å². The molecule has 2 amide bonds. The van der Waals surface area contributed by atoms with E-state index >= 15 is 0 Å². The van der Waals surface area contributed by atoms with Crippen LogP contribution in [0.2, 0.25) is 0 Å². The van der Waals surface area contributed by atoms with Crippen LogP contribution in [-0.4, -0.2) is 12.1 Å². The van der Waals surface area contributed by atoms with Crippen molar-refractivity contribution in [1.82, 2.24) is 10.6 Å². The Kier molecular flexibility index (Phi) is 5.45. The lowest BCUT2D eigenvalue weighted by molar-refractivity contribution is 0.229. The molecule has 0 bridgehead atoms. The van der Waals surface area contributed by atoms with Gasteiger partial charge in [0, 0.05) is 6.04 Å². The van der Waals surface area contributed by atoms with E-state index in [0.717, 1.165) is 24.8 Å². The molecule has 0 heterocycles. The van der Waals surface area contributed by atoms with Gasteiger partial charge in [-0.25, -0.2) is 4.79 Å². The van der Waals surface area contributed by atoms with Crippen LogP contribution in [0, 0.1) is 0 Å². The number of rotatable bonds is 4. The summed E-state index contributed by atoms with van der Waals surface area (Å²) in [5, 5.41) is 6.12. The Morgan fingerprint density at radius 2 is 1.85 bits per heavy atom. The lowest BCUT2D eigenvalue weighted by Gasteiger charge is -2.24. The van der Waals surface area contributed by atoms with Gasteiger partial charge in [-0.2, -0.15) is 0 Å². The molecule has 2 rings (SSSR count). The van der Waals surface area contributed by atoms with Crippen molar-refractivity contribution in [3.05, 3.63) is 35.4 Å². The van der Waals surface area contributed by atoms with E-state index in [1.807, 2.05) is 6.92 Å². The summed E-state index contributed by atoms with van der Waals surface area (Å²) in [4.78, 5) is 12.0. The molecule has 0 radical (unpaired) electrons. The van der Waals surface area contributed by atoms with Crippen molar-refractivity contribution in [1.29, 1.82) is 0 Å². The Morgan fingerprint density at radius 3 is 2.45 bits per heavy atom. The highest BCUT2D eigenvalue weighted by Crippen LogP contribution is 2.18. The van der Waals surface area contributed by atoms with Crippen LogP contribution in [0.25, 0.3) is 0 Å². The highest BCUT2D eigenvalue weighted by atomic mass is 16.2. The van der Waals surface area contributed by atoms with Gasteiger partial charge in [0.15, 0.2) is 0 Å². The number of hydrogen-bond acceptors (Lipinski definition) is 1. The normalized spacial score (nSPS) is 17.5. The maximum Gasteiger partial charge on any atom is 0.315 e. The number of carbonyl (C=O) groups excluding carboxylic acids is 1. The summed E-state index contributed by atoms with van der Waals surface area (Å²) in [5.41, 5.74) is 2.48. The summed E-state index contributed by atoms with van der Waals surface area (Å²) in [6.07, 6.45) is 7.06. The van der Waals surface area contributed by atoms with Crippen LogP contribution in [0.15, 0.2) is 24.3 Å². The molecule has 1 aromatic rings. The number of aryl methyl sites for hydroxylation is 1. The predicted molar refractivity (Wildman–Crippen MR) is 82.8 cm³/mol. The number of carbonyl (C=O) groups is 1. The molecule has 1 fully saturated rings. The SMILES string of the molecule is CCc1ccc(C(C)NC(=O)NC2CCCCC2)cc1. The average molecular weight is 274 g/mol. The van der Waals surface area contributed by atoms with Crippen LogP contribution < -0.4 is 10.6 Å². The third-order valence-corrected chi connectivity index (χ3v) is 4.18. The fraction of sp³-hybridized carbons (Fsp3) is 0.588. The molecule has 0 aromatic heterocycles. The van der Waals surface area contributed by atoms with E-state index in [1.165, 1.54) is 24.8 Å². The third kappa shape index (κ3) is 4.26. The fourth-order valence-electron chi connectivity index (χ4n) is 2.80. The minimum absolute atomic E-state index is 0.0380. The summed E-state index contributed by atoms with van der Waals surface area (Å²) >= 11 is 0. The standard InChI is InChI=1S/C17H26N2O/c1-3-14-9-11-15(12-10-14)13(2)18-17(20)19-16-7-5-4-6-8-16/h9-13,16H,3-8H2,1-2H3,(H2,18,19,20). The lowest BCUT2D eigenvalue weighted by atomic mass is 9.96. The molecule has 3 heteroatoms. The van der Waals surface area contributed by atoms with Crippen molar-refractivity contribution < 1.29 is 4.79 Å². The zero-order valence-electron chi connectivity index (χ0n) is 12.6. The molecule has 1 atom stereocenters. The number of hydrogen-bond donors (Lipinski definition) is 2. The van der Waals surface area contributed by atoms with Gasteiger partial charge in [0.05, 0.1) is 6.04 Å². The summed E-state index contributed by atoms with van der Waals surface area (Å²) in [7, 11) is 0. The average Bonchev–Trinajstić information content (AvgIpc) is 2.48. The first kappa shape index (κ1) is 14.9. The predicted octanol–water partition coefficient (Wildman–Crippen LogP) is 3.94. The van der Waals surface area contributed by atoms with Gasteiger partial charge >= 0.3 is 6.03 Å².